The Morgan fingerprint density at radius 3 is 2.68 bits per heavy atom. The van der Waals surface area contributed by atoms with Gasteiger partial charge in [0, 0.05) is 22.3 Å². The van der Waals surface area contributed by atoms with Crippen molar-refractivity contribution >= 4 is 33.4 Å². The molecule has 3 rings (SSSR count). The molecule has 0 aliphatic carbocycles. The van der Waals surface area contributed by atoms with E-state index in [9.17, 15) is 9.59 Å². The van der Waals surface area contributed by atoms with E-state index in [1.54, 1.807) is 24.3 Å². The maximum absolute atomic E-state index is 12.2. The van der Waals surface area contributed by atoms with Gasteiger partial charge in [0.2, 0.25) is 5.91 Å². The lowest BCUT2D eigenvalue weighted by atomic mass is 10.2. The predicted octanol–water partition coefficient (Wildman–Crippen LogP) is 3.68. The first-order valence-electron chi connectivity index (χ1n) is 9.20. The Hall–Kier alpha value is -2.38. The Balaban J connectivity index is 1.45. The summed E-state index contributed by atoms with van der Waals surface area (Å²) < 4.78 is 12.1. The third-order valence-corrected chi connectivity index (χ3v) is 4.94. The number of halogens is 1. The fourth-order valence-corrected chi connectivity index (χ4v) is 3.37. The van der Waals surface area contributed by atoms with Crippen LogP contribution in [0.15, 0.2) is 46.9 Å². The van der Waals surface area contributed by atoms with Gasteiger partial charge in [-0.15, -0.1) is 0 Å². The van der Waals surface area contributed by atoms with Gasteiger partial charge in [0.15, 0.2) is 0 Å². The van der Waals surface area contributed by atoms with Crippen molar-refractivity contribution in [2.75, 3.05) is 25.1 Å². The molecule has 1 aliphatic rings. The summed E-state index contributed by atoms with van der Waals surface area (Å²) in [6.07, 6.45) is 2.24. The normalized spacial score (nSPS) is 15.9. The lowest BCUT2D eigenvalue weighted by molar-refractivity contribution is -0.115. The van der Waals surface area contributed by atoms with Crippen LogP contribution in [0.5, 0.6) is 5.75 Å². The van der Waals surface area contributed by atoms with Gasteiger partial charge in [0.05, 0.1) is 12.6 Å². The van der Waals surface area contributed by atoms with E-state index in [1.165, 1.54) is 0 Å². The highest BCUT2D eigenvalue weighted by atomic mass is 79.9. The number of carbonyl (C=O) groups excluding carboxylic acids is 2. The summed E-state index contributed by atoms with van der Waals surface area (Å²) in [4.78, 5) is 24.3. The lowest BCUT2D eigenvalue weighted by Crippen LogP contribution is -2.33. The third kappa shape index (κ3) is 5.81. The van der Waals surface area contributed by atoms with Gasteiger partial charge in [-0.1, -0.05) is 15.9 Å². The molecule has 28 heavy (non-hydrogen) atoms. The van der Waals surface area contributed by atoms with Crippen LogP contribution in [0.3, 0.4) is 0 Å². The molecular weight excluding hydrogens is 424 g/mol. The van der Waals surface area contributed by atoms with Crippen LogP contribution in [0.1, 0.15) is 28.8 Å². The summed E-state index contributed by atoms with van der Waals surface area (Å²) >= 11 is 3.39. The molecule has 7 heteroatoms. The maximum Gasteiger partial charge on any atom is 0.251 e. The number of hydrogen-bond acceptors (Lipinski definition) is 4. The third-order valence-electron chi connectivity index (χ3n) is 4.45. The van der Waals surface area contributed by atoms with Gasteiger partial charge in [-0.25, -0.2) is 0 Å². The molecular formula is C21H23BrN2O4. The molecule has 0 aromatic heterocycles. The summed E-state index contributed by atoms with van der Waals surface area (Å²) in [6, 6.07) is 12.4. The molecule has 1 unspecified atom stereocenters. The molecule has 1 aliphatic heterocycles. The molecule has 6 nitrogen and oxygen atoms in total. The zero-order valence-corrected chi connectivity index (χ0v) is 17.3. The number of rotatable bonds is 7. The molecule has 2 N–H and O–H groups in total. The molecule has 2 aromatic rings. The van der Waals surface area contributed by atoms with Crippen molar-refractivity contribution in [1.29, 1.82) is 0 Å². The highest BCUT2D eigenvalue weighted by Crippen LogP contribution is 2.20. The Labute approximate surface area is 172 Å². The number of amides is 2. The van der Waals surface area contributed by atoms with Gasteiger partial charge >= 0.3 is 0 Å². The fraction of sp³-hybridized carbons (Fsp3) is 0.333. The molecule has 0 bridgehead atoms. The summed E-state index contributed by atoms with van der Waals surface area (Å²) in [7, 11) is 0. The fourth-order valence-electron chi connectivity index (χ4n) is 2.89. The Morgan fingerprint density at radius 2 is 2.00 bits per heavy atom. The van der Waals surface area contributed by atoms with Gasteiger partial charge in [0.25, 0.3) is 5.91 Å². The van der Waals surface area contributed by atoms with Gasteiger partial charge in [-0.05, 0) is 67.8 Å². The van der Waals surface area contributed by atoms with Gasteiger partial charge in [-0.3, -0.25) is 9.59 Å². The Morgan fingerprint density at radius 1 is 1.21 bits per heavy atom. The van der Waals surface area contributed by atoms with Crippen LogP contribution in [0, 0.1) is 6.92 Å². The van der Waals surface area contributed by atoms with E-state index < -0.39 is 0 Å². The number of ether oxygens (including phenoxy) is 2. The number of hydrogen-bond donors (Lipinski definition) is 2. The Kier molecular flexibility index (Phi) is 7.06. The number of nitrogens with one attached hydrogen (secondary N) is 2. The first-order valence-corrected chi connectivity index (χ1v) is 9.99. The number of benzene rings is 2. The minimum absolute atomic E-state index is 0.106. The average Bonchev–Trinajstić information content (AvgIpc) is 3.21. The van der Waals surface area contributed by atoms with E-state index in [0.717, 1.165) is 35.2 Å². The van der Waals surface area contributed by atoms with E-state index >= 15 is 0 Å². The molecule has 2 amide bonds. The lowest BCUT2D eigenvalue weighted by Gasteiger charge is -2.12. The van der Waals surface area contributed by atoms with Crippen LogP contribution < -0.4 is 15.4 Å². The standard InChI is InChI=1S/C21H23BrN2O4/c1-14-11-16(22)6-9-19(14)24-20(25)12-23-21(26)15-4-7-17(8-5-15)28-13-18-3-2-10-27-18/h4-9,11,18H,2-3,10,12-13H2,1H3,(H,23,26)(H,24,25). The zero-order valence-electron chi connectivity index (χ0n) is 15.7. The van der Waals surface area contributed by atoms with Crippen molar-refractivity contribution in [3.05, 3.63) is 58.1 Å². The second kappa shape index (κ2) is 9.71. The van der Waals surface area contributed by atoms with Crippen LogP contribution in [-0.4, -0.2) is 37.7 Å². The molecule has 0 spiro atoms. The molecule has 0 saturated carbocycles. The molecule has 148 valence electrons. The Bertz CT molecular complexity index is 833. The maximum atomic E-state index is 12.2. The van der Waals surface area contributed by atoms with Crippen LogP contribution in [-0.2, 0) is 9.53 Å². The van der Waals surface area contributed by atoms with E-state index in [1.807, 2.05) is 25.1 Å². The monoisotopic (exact) mass is 446 g/mol. The van der Waals surface area contributed by atoms with Crippen molar-refractivity contribution in [1.82, 2.24) is 5.32 Å². The minimum Gasteiger partial charge on any atom is -0.491 e. The van der Waals surface area contributed by atoms with Crippen LogP contribution in [0.25, 0.3) is 0 Å². The molecule has 1 fully saturated rings. The van der Waals surface area contributed by atoms with E-state index in [4.69, 9.17) is 9.47 Å². The van der Waals surface area contributed by atoms with Gasteiger partial charge in [-0.2, -0.15) is 0 Å². The van der Waals surface area contributed by atoms with Crippen molar-refractivity contribution in [2.45, 2.75) is 25.9 Å². The zero-order chi connectivity index (χ0) is 19.9. The van der Waals surface area contributed by atoms with Crippen LogP contribution >= 0.6 is 15.9 Å². The van der Waals surface area contributed by atoms with Crippen molar-refractivity contribution in [3.63, 3.8) is 0 Å². The number of carbonyl (C=O) groups is 2. The van der Waals surface area contributed by atoms with E-state index in [-0.39, 0.29) is 24.5 Å². The molecule has 1 heterocycles. The first-order chi connectivity index (χ1) is 13.5. The largest absolute Gasteiger partial charge is 0.491 e. The van der Waals surface area contributed by atoms with Gasteiger partial charge < -0.3 is 20.1 Å². The summed E-state index contributed by atoms with van der Waals surface area (Å²) in [5, 5.41) is 5.42. The smallest absolute Gasteiger partial charge is 0.251 e. The van der Waals surface area contributed by atoms with Crippen molar-refractivity contribution < 1.29 is 19.1 Å². The second-order valence-electron chi connectivity index (χ2n) is 6.66. The molecule has 2 aromatic carbocycles. The van der Waals surface area contributed by atoms with Crippen LogP contribution in [0.4, 0.5) is 5.69 Å². The highest BCUT2D eigenvalue weighted by Gasteiger charge is 2.16. The molecule has 0 radical (unpaired) electrons. The van der Waals surface area contributed by atoms with Crippen molar-refractivity contribution in [2.24, 2.45) is 0 Å². The van der Waals surface area contributed by atoms with Crippen molar-refractivity contribution in [3.8, 4) is 5.75 Å². The minimum atomic E-state index is -0.312. The molecule has 1 saturated heterocycles. The van der Waals surface area contributed by atoms with Crippen LogP contribution in [0.2, 0.25) is 0 Å². The topological polar surface area (TPSA) is 76.7 Å². The SMILES string of the molecule is Cc1cc(Br)ccc1NC(=O)CNC(=O)c1ccc(OCC2CCCO2)cc1. The second-order valence-corrected chi connectivity index (χ2v) is 7.58. The predicted molar refractivity (Wildman–Crippen MR) is 111 cm³/mol. The number of anilines is 1. The van der Waals surface area contributed by atoms with Gasteiger partial charge in [0.1, 0.15) is 12.4 Å². The summed E-state index contributed by atoms with van der Waals surface area (Å²) in [5.74, 6) is 0.0964. The molecule has 1 atom stereocenters. The van der Waals surface area contributed by atoms with E-state index in [2.05, 4.69) is 26.6 Å². The highest BCUT2D eigenvalue weighted by molar-refractivity contribution is 9.10. The van der Waals surface area contributed by atoms with E-state index in [0.29, 0.717) is 17.9 Å². The summed E-state index contributed by atoms with van der Waals surface area (Å²) in [5.41, 5.74) is 2.12. The summed E-state index contributed by atoms with van der Waals surface area (Å²) in [6.45, 7) is 3.11. The quantitative estimate of drug-likeness (QED) is 0.679. The first kappa shape index (κ1) is 20.4. The average molecular weight is 447 g/mol. The number of aryl methyl sites for hydroxylation is 1.